The Kier molecular flexibility index (Phi) is 5.23. The van der Waals surface area contributed by atoms with E-state index in [0.717, 1.165) is 30.0 Å². The molecule has 0 bridgehead atoms. The normalized spacial score (nSPS) is 12.0. The maximum atomic E-state index is 9.82. The highest BCUT2D eigenvalue weighted by molar-refractivity contribution is 5.48. The summed E-state index contributed by atoms with van der Waals surface area (Å²) >= 11 is 0. The van der Waals surface area contributed by atoms with Gasteiger partial charge in [-0.15, -0.1) is 0 Å². The van der Waals surface area contributed by atoms with Crippen LogP contribution in [0.3, 0.4) is 0 Å². The van der Waals surface area contributed by atoms with Crippen molar-refractivity contribution in [3.05, 3.63) is 59.7 Å². The summed E-state index contributed by atoms with van der Waals surface area (Å²) in [5, 5.41) is 9.82. The summed E-state index contributed by atoms with van der Waals surface area (Å²) in [6.45, 7) is 2.81. The molecule has 0 aliphatic heterocycles. The van der Waals surface area contributed by atoms with E-state index in [2.05, 4.69) is 36.2 Å². The smallest absolute Gasteiger partial charge is 0.118 e. The summed E-state index contributed by atoms with van der Waals surface area (Å²) in [4.78, 5) is 2.18. The molecular formula is C18H23NO2. The number of rotatable bonds is 6. The van der Waals surface area contributed by atoms with Gasteiger partial charge < -0.3 is 14.7 Å². The van der Waals surface area contributed by atoms with E-state index in [9.17, 15) is 5.11 Å². The van der Waals surface area contributed by atoms with E-state index in [0.29, 0.717) is 0 Å². The Labute approximate surface area is 126 Å². The quantitative estimate of drug-likeness (QED) is 0.877. The Morgan fingerprint density at radius 1 is 1.05 bits per heavy atom. The van der Waals surface area contributed by atoms with Gasteiger partial charge in [-0.05, 0) is 41.8 Å². The number of nitrogens with zero attached hydrogens (tertiary/aromatic N) is 1. The van der Waals surface area contributed by atoms with Crippen LogP contribution in [0.1, 0.15) is 30.6 Å². The second kappa shape index (κ2) is 7.14. The molecule has 0 saturated heterocycles. The van der Waals surface area contributed by atoms with Crippen LogP contribution in [0.25, 0.3) is 0 Å². The number of methoxy groups -OCH3 is 1. The topological polar surface area (TPSA) is 32.7 Å². The van der Waals surface area contributed by atoms with Gasteiger partial charge in [0.05, 0.1) is 13.2 Å². The van der Waals surface area contributed by atoms with Crippen LogP contribution < -0.4 is 9.64 Å². The second-order valence-corrected chi connectivity index (χ2v) is 5.22. The summed E-state index contributed by atoms with van der Waals surface area (Å²) < 4.78 is 5.17. The van der Waals surface area contributed by atoms with Crippen LogP contribution >= 0.6 is 0 Å². The zero-order chi connectivity index (χ0) is 15.2. The molecule has 0 amide bonds. The van der Waals surface area contributed by atoms with Gasteiger partial charge in [0.2, 0.25) is 0 Å². The van der Waals surface area contributed by atoms with Crippen LogP contribution in [0.4, 0.5) is 5.69 Å². The lowest BCUT2D eigenvalue weighted by atomic mass is 10.1. The third-order valence-corrected chi connectivity index (χ3v) is 3.68. The molecule has 0 spiro atoms. The van der Waals surface area contributed by atoms with Crippen LogP contribution in [0.5, 0.6) is 5.75 Å². The maximum Gasteiger partial charge on any atom is 0.118 e. The molecule has 0 unspecified atom stereocenters. The van der Waals surface area contributed by atoms with Gasteiger partial charge in [0.15, 0.2) is 0 Å². The number of hydrogen-bond donors (Lipinski definition) is 1. The Morgan fingerprint density at radius 3 is 2.19 bits per heavy atom. The lowest BCUT2D eigenvalue weighted by Gasteiger charge is -2.20. The van der Waals surface area contributed by atoms with Gasteiger partial charge in [-0.1, -0.05) is 31.2 Å². The van der Waals surface area contributed by atoms with Gasteiger partial charge in [0, 0.05) is 19.3 Å². The van der Waals surface area contributed by atoms with Crippen molar-refractivity contribution in [2.24, 2.45) is 0 Å². The average Bonchev–Trinajstić information content (AvgIpc) is 2.55. The van der Waals surface area contributed by atoms with E-state index in [4.69, 9.17) is 4.74 Å². The summed E-state index contributed by atoms with van der Waals surface area (Å²) in [6, 6.07) is 16.2. The third kappa shape index (κ3) is 3.99. The van der Waals surface area contributed by atoms with Crippen LogP contribution in [0.2, 0.25) is 0 Å². The molecule has 2 aromatic carbocycles. The highest BCUT2D eigenvalue weighted by Crippen LogP contribution is 2.22. The van der Waals surface area contributed by atoms with Gasteiger partial charge in [0.1, 0.15) is 5.75 Å². The first kappa shape index (κ1) is 15.4. The fraction of sp³-hybridized carbons (Fsp3) is 0.333. The summed E-state index contributed by atoms with van der Waals surface area (Å²) in [5.41, 5.74) is 3.34. The summed E-state index contributed by atoms with van der Waals surface area (Å²) in [5.74, 6) is 0.874. The van der Waals surface area contributed by atoms with Crippen LogP contribution in [0.15, 0.2) is 48.5 Å². The molecule has 2 rings (SSSR count). The molecule has 112 valence electrons. The molecule has 3 heteroatoms. The van der Waals surface area contributed by atoms with E-state index in [-0.39, 0.29) is 6.10 Å². The highest BCUT2D eigenvalue weighted by atomic mass is 16.5. The Bertz CT molecular complexity index is 548. The fourth-order valence-corrected chi connectivity index (χ4v) is 2.28. The van der Waals surface area contributed by atoms with Crippen molar-refractivity contribution in [1.82, 2.24) is 0 Å². The van der Waals surface area contributed by atoms with Gasteiger partial charge in [-0.3, -0.25) is 0 Å². The first-order valence-corrected chi connectivity index (χ1v) is 7.26. The summed E-state index contributed by atoms with van der Waals surface area (Å²) in [6.07, 6.45) is 0.368. The molecule has 0 heterocycles. The number of benzene rings is 2. The second-order valence-electron chi connectivity index (χ2n) is 5.22. The van der Waals surface area contributed by atoms with Crippen LogP contribution in [0, 0.1) is 0 Å². The van der Waals surface area contributed by atoms with Crippen molar-refractivity contribution in [3.8, 4) is 5.75 Å². The van der Waals surface area contributed by atoms with Crippen LogP contribution in [-0.2, 0) is 6.54 Å². The number of hydrogen-bond acceptors (Lipinski definition) is 3. The number of ether oxygens (including phenoxy) is 1. The Morgan fingerprint density at radius 2 is 1.67 bits per heavy atom. The molecular weight excluding hydrogens is 262 g/mol. The van der Waals surface area contributed by atoms with Crippen molar-refractivity contribution >= 4 is 5.69 Å². The number of anilines is 1. The summed E-state index contributed by atoms with van der Waals surface area (Å²) in [7, 11) is 3.74. The van der Waals surface area contributed by atoms with E-state index in [1.807, 2.05) is 31.2 Å². The number of aliphatic hydroxyl groups excluding tert-OH is 1. The monoisotopic (exact) mass is 285 g/mol. The van der Waals surface area contributed by atoms with E-state index in [1.54, 1.807) is 7.11 Å². The molecule has 0 aliphatic rings. The first-order valence-electron chi connectivity index (χ1n) is 7.26. The van der Waals surface area contributed by atoms with E-state index < -0.39 is 0 Å². The molecule has 0 fully saturated rings. The maximum absolute atomic E-state index is 9.82. The first-order chi connectivity index (χ1) is 10.1. The fourth-order valence-electron chi connectivity index (χ4n) is 2.28. The van der Waals surface area contributed by atoms with Gasteiger partial charge in [-0.25, -0.2) is 0 Å². The molecule has 0 aromatic heterocycles. The van der Waals surface area contributed by atoms with Crippen LogP contribution in [-0.4, -0.2) is 19.3 Å². The zero-order valence-electron chi connectivity index (χ0n) is 12.9. The lowest BCUT2D eigenvalue weighted by molar-refractivity contribution is 0.173. The molecule has 0 radical (unpaired) electrons. The van der Waals surface area contributed by atoms with E-state index >= 15 is 0 Å². The molecule has 1 N–H and O–H groups in total. The zero-order valence-corrected chi connectivity index (χ0v) is 12.9. The molecule has 0 saturated carbocycles. The van der Waals surface area contributed by atoms with Crippen molar-refractivity contribution in [2.75, 3.05) is 19.1 Å². The predicted molar refractivity (Wildman–Crippen MR) is 86.8 cm³/mol. The number of aliphatic hydroxyl groups is 1. The molecule has 1 atom stereocenters. The van der Waals surface area contributed by atoms with Gasteiger partial charge in [-0.2, -0.15) is 0 Å². The third-order valence-electron chi connectivity index (χ3n) is 3.68. The molecule has 3 nitrogen and oxygen atoms in total. The lowest BCUT2D eigenvalue weighted by Crippen LogP contribution is -2.16. The van der Waals surface area contributed by atoms with Gasteiger partial charge in [0.25, 0.3) is 0 Å². The van der Waals surface area contributed by atoms with Crippen molar-refractivity contribution in [1.29, 1.82) is 0 Å². The molecule has 21 heavy (non-hydrogen) atoms. The minimum atomic E-state index is -0.369. The molecule has 2 aromatic rings. The largest absolute Gasteiger partial charge is 0.497 e. The average molecular weight is 285 g/mol. The SMILES string of the molecule is CC[C@H](O)c1ccc(N(C)Cc2ccc(OC)cc2)cc1. The van der Waals surface area contributed by atoms with Crippen molar-refractivity contribution in [3.63, 3.8) is 0 Å². The standard InChI is InChI=1S/C18H23NO2/c1-4-18(20)15-7-9-16(10-8-15)19(2)13-14-5-11-17(21-3)12-6-14/h5-12,18,20H,4,13H2,1-3H3/t18-/m0/s1. The van der Waals surface area contributed by atoms with Gasteiger partial charge >= 0.3 is 0 Å². The van der Waals surface area contributed by atoms with Crippen molar-refractivity contribution in [2.45, 2.75) is 26.0 Å². The van der Waals surface area contributed by atoms with Crippen molar-refractivity contribution < 1.29 is 9.84 Å². The Balaban J connectivity index is 2.03. The highest BCUT2D eigenvalue weighted by Gasteiger charge is 2.06. The minimum Gasteiger partial charge on any atom is -0.497 e. The Hall–Kier alpha value is -2.00. The minimum absolute atomic E-state index is 0.369. The predicted octanol–water partition coefficient (Wildman–Crippen LogP) is 3.78. The van der Waals surface area contributed by atoms with E-state index in [1.165, 1.54) is 5.56 Å². The molecule has 0 aliphatic carbocycles.